The van der Waals surface area contributed by atoms with E-state index >= 15 is 0 Å². The normalized spacial score (nSPS) is 15.3. The second-order valence-corrected chi connectivity index (χ2v) is 9.53. The highest BCUT2D eigenvalue weighted by atomic mass is 16.4. The summed E-state index contributed by atoms with van der Waals surface area (Å²) in [6.07, 6.45) is 0. The first kappa shape index (κ1) is 25.6. The highest BCUT2D eigenvalue weighted by Gasteiger charge is 2.31. The number of nitrogens with one attached hydrogen (secondary N) is 1. The van der Waals surface area contributed by atoms with Crippen molar-refractivity contribution in [3.63, 3.8) is 0 Å². The summed E-state index contributed by atoms with van der Waals surface area (Å²) in [6.45, 7) is 9.43. The van der Waals surface area contributed by atoms with Crippen molar-refractivity contribution in [2.45, 2.75) is 40.5 Å². The summed E-state index contributed by atoms with van der Waals surface area (Å²) in [6, 6.07) is 18.0. The van der Waals surface area contributed by atoms with Gasteiger partial charge in [0.15, 0.2) is 5.71 Å². The van der Waals surface area contributed by atoms with Crippen molar-refractivity contribution in [3.05, 3.63) is 77.4 Å². The number of rotatable bonds is 7. The molecule has 0 aromatic heterocycles. The molecule has 0 radical (unpaired) electrons. The van der Waals surface area contributed by atoms with Crippen molar-refractivity contribution in [2.75, 3.05) is 10.4 Å². The van der Waals surface area contributed by atoms with E-state index in [0.29, 0.717) is 28.2 Å². The Morgan fingerprint density at radius 2 is 1.70 bits per heavy atom. The zero-order chi connectivity index (χ0) is 26.9. The van der Waals surface area contributed by atoms with Crippen LogP contribution in [-0.2, 0) is 9.59 Å². The Morgan fingerprint density at radius 1 is 1.00 bits per heavy atom. The molecule has 1 amide bonds. The Hall–Kier alpha value is -4.46. The summed E-state index contributed by atoms with van der Waals surface area (Å²) in [5, 5.41) is 30.4. The van der Waals surface area contributed by atoms with Crippen LogP contribution in [0.3, 0.4) is 0 Å². The summed E-state index contributed by atoms with van der Waals surface area (Å²) in [7, 11) is 0. The molecule has 8 heteroatoms. The largest absolute Gasteiger partial charge is 0.505 e. The standard InChI is InChI=1S/C29H30N4O4/c1-16(2)25(29(36)37)21-12-10-20(11-13-21)23-7-6-8-24(27(23)34)30-31-26-19(5)32-33(28(26)35)22-14-9-17(3)18(4)15-22/h6-16,25,30,34H,1-5H3,(H,36,37)/b31-26-. The lowest BCUT2D eigenvalue weighted by Gasteiger charge is -2.17. The molecule has 8 nitrogen and oxygen atoms in total. The number of hydrazone groups is 2. The zero-order valence-electron chi connectivity index (χ0n) is 21.5. The molecule has 1 atom stereocenters. The van der Waals surface area contributed by atoms with E-state index in [0.717, 1.165) is 16.7 Å². The van der Waals surface area contributed by atoms with Crippen LogP contribution in [0, 0.1) is 19.8 Å². The Kier molecular flexibility index (Phi) is 7.11. The number of aliphatic carboxylic acids is 1. The third-order valence-corrected chi connectivity index (χ3v) is 6.56. The number of hydrogen-bond acceptors (Lipinski definition) is 6. The van der Waals surface area contributed by atoms with Crippen LogP contribution in [0.2, 0.25) is 0 Å². The number of carboxylic acid groups (broad SMARTS) is 1. The first-order chi connectivity index (χ1) is 17.6. The maximum Gasteiger partial charge on any atom is 0.311 e. The SMILES string of the molecule is CC1=NN(c2ccc(C)c(C)c2)C(=O)/C1=N\Nc1cccc(-c2ccc(C(C(=O)O)C(C)C)cc2)c1O. The van der Waals surface area contributed by atoms with Crippen LogP contribution in [-0.4, -0.2) is 33.5 Å². The molecule has 1 aliphatic rings. The fourth-order valence-electron chi connectivity index (χ4n) is 4.32. The number of anilines is 2. The summed E-state index contributed by atoms with van der Waals surface area (Å²) >= 11 is 0. The van der Waals surface area contributed by atoms with Gasteiger partial charge in [-0.2, -0.15) is 15.2 Å². The van der Waals surface area contributed by atoms with E-state index in [1.54, 1.807) is 49.4 Å². The van der Waals surface area contributed by atoms with Crippen LogP contribution in [0.4, 0.5) is 11.4 Å². The predicted molar refractivity (Wildman–Crippen MR) is 146 cm³/mol. The lowest BCUT2D eigenvalue weighted by molar-refractivity contribution is -0.139. The fourth-order valence-corrected chi connectivity index (χ4v) is 4.32. The van der Waals surface area contributed by atoms with Gasteiger partial charge in [0, 0.05) is 5.56 Å². The van der Waals surface area contributed by atoms with Crippen LogP contribution < -0.4 is 10.4 Å². The number of amides is 1. The van der Waals surface area contributed by atoms with Gasteiger partial charge in [-0.3, -0.25) is 15.0 Å². The van der Waals surface area contributed by atoms with Gasteiger partial charge in [-0.1, -0.05) is 56.3 Å². The molecule has 37 heavy (non-hydrogen) atoms. The molecular formula is C29H30N4O4. The highest BCUT2D eigenvalue weighted by Crippen LogP contribution is 2.36. The molecule has 0 spiro atoms. The third-order valence-electron chi connectivity index (χ3n) is 6.56. The van der Waals surface area contributed by atoms with Crippen LogP contribution in [0.25, 0.3) is 11.1 Å². The number of aryl methyl sites for hydroxylation is 2. The minimum atomic E-state index is -0.868. The Balaban J connectivity index is 1.57. The molecule has 1 unspecified atom stereocenters. The van der Waals surface area contributed by atoms with E-state index in [1.165, 1.54) is 5.01 Å². The first-order valence-electron chi connectivity index (χ1n) is 12.0. The van der Waals surface area contributed by atoms with E-state index in [1.807, 2.05) is 45.9 Å². The van der Waals surface area contributed by atoms with Crippen molar-refractivity contribution in [1.82, 2.24) is 0 Å². The molecule has 0 aliphatic carbocycles. The molecule has 3 N–H and O–H groups in total. The van der Waals surface area contributed by atoms with Crippen molar-refractivity contribution >= 4 is 34.7 Å². The van der Waals surface area contributed by atoms with Gasteiger partial charge in [-0.15, -0.1) is 0 Å². The highest BCUT2D eigenvalue weighted by molar-refractivity contribution is 6.71. The van der Waals surface area contributed by atoms with E-state index < -0.39 is 11.9 Å². The molecule has 0 fully saturated rings. The molecule has 0 saturated carbocycles. The molecule has 0 saturated heterocycles. The lowest BCUT2D eigenvalue weighted by atomic mass is 9.87. The fraction of sp³-hybridized carbons (Fsp3) is 0.241. The summed E-state index contributed by atoms with van der Waals surface area (Å²) in [4.78, 5) is 24.7. The summed E-state index contributed by atoms with van der Waals surface area (Å²) in [5.74, 6) is -1.93. The smallest absolute Gasteiger partial charge is 0.311 e. The number of carboxylic acids is 1. The topological polar surface area (TPSA) is 115 Å². The zero-order valence-corrected chi connectivity index (χ0v) is 21.5. The Labute approximate surface area is 216 Å². The number of para-hydroxylation sites is 1. The monoisotopic (exact) mass is 498 g/mol. The molecular weight excluding hydrogens is 468 g/mol. The molecule has 0 bridgehead atoms. The average Bonchev–Trinajstić information content (AvgIpc) is 3.13. The molecule has 4 rings (SSSR count). The number of hydrogen-bond donors (Lipinski definition) is 3. The van der Waals surface area contributed by atoms with Crippen molar-refractivity contribution in [3.8, 4) is 16.9 Å². The van der Waals surface area contributed by atoms with E-state index in [9.17, 15) is 19.8 Å². The quantitative estimate of drug-likeness (QED) is 0.286. The van der Waals surface area contributed by atoms with Gasteiger partial charge >= 0.3 is 11.9 Å². The number of benzene rings is 3. The van der Waals surface area contributed by atoms with Gasteiger partial charge in [-0.05, 0) is 67.1 Å². The second-order valence-electron chi connectivity index (χ2n) is 9.53. The third kappa shape index (κ3) is 5.09. The van der Waals surface area contributed by atoms with Crippen LogP contribution >= 0.6 is 0 Å². The number of nitrogens with zero attached hydrogens (tertiary/aromatic N) is 3. The average molecular weight is 499 g/mol. The van der Waals surface area contributed by atoms with Gasteiger partial charge in [0.25, 0.3) is 0 Å². The van der Waals surface area contributed by atoms with Crippen LogP contribution in [0.5, 0.6) is 5.75 Å². The summed E-state index contributed by atoms with van der Waals surface area (Å²) < 4.78 is 0. The van der Waals surface area contributed by atoms with Crippen LogP contribution in [0.15, 0.2) is 70.9 Å². The molecule has 3 aromatic carbocycles. The maximum absolute atomic E-state index is 13.0. The number of carbonyl (C=O) groups excluding carboxylic acids is 1. The first-order valence-corrected chi connectivity index (χ1v) is 12.0. The Morgan fingerprint density at radius 3 is 2.32 bits per heavy atom. The van der Waals surface area contributed by atoms with E-state index in [4.69, 9.17) is 0 Å². The molecule has 190 valence electrons. The predicted octanol–water partition coefficient (Wildman–Crippen LogP) is 5.69. The van der Waals surface area contributed by atoms with Crippen molar-refractivity contribution in [2.24, 2.45) is 16.1 Å². The number of phenols is 1. The second kappa shape index (κ2) is 10.3. The van der Waals surface area contributed by atoms with Gasteiger partial charge in [-0.25, -0.2) is 0 Å². The number of carbonyl (C=O) groups is 2. The molecule has 1 aliphatic heterocycles. The maximum atomic E-state index is 13.0. The minimum Gasteiger partial charge on any atom is -0.505 e. The minimum absolute atomic E-state index is 0.0377. The molecule has 1 heterocycles. The van der Waals surface area contributed by atoms with Gasteiger partial charge in [0.05, 0.1) is 23.0 Å². The van der Waals surface area contributed by atoms with Gasteiger partial charge in [0.1, 0.15) is 5.75 Å². The number of phenolic OH excluding ortho intramolecular Hbond substituents is 1. The molecule has 3 aromatic rings. The van der Waals surface area contributed by atoms with Gasteiger partial charge < -0.3 is 10.2 Å². The van der Waals surface area contributed by atoms with Crippen molar-refractivity contribution < 1.29 is 19.8 Å². The summed E-state index contributed by atoms with van der Waals surface area (Å²) in [5.41, 5.74) is 8.56. The Bertz CT molecular complexity index is 1420. The van der Waals surface area contributed by atoms with Crippen molar-refractivity contribution in [1.29, 1.82) is 0 Å². The van der Waals surface area contributed by atoms with E-state index in [-0.39, 0.29) is 23.3 Å². The van der Waals surface area contributed by atoms with E-state index in [2.05, 4.69) is 15.6 Å². The number of aromatic hydroxyl groups is 1. The van der Waals surface area contributed by atoms with Gasteiger partial charge in [0.2, 0.25) is 0 Å². The lowest BCUT2D eigenvalue weighted by Crippen LogP contribution is -2.28. The van der Waals surface area contributed by atoms with Crippen LogP contribution in [0.1, 0.15) is 43.4 Å².